The molecule has 0 heterocycles. The summed E-state index contributed by atoms with van der Waals surface area (Å²) in [7, 11) is 1.80. The van der Waals surface area contributed by atoms with E-state index in [4.69, 9.17) is 16.3 Å². The summed E-state index contributed by atoms with van der Waals surface area (Å²) in [6, 6.07) is 5.31. The lowest BCUT2D eigenvalue weighted by Crippen LogP contribution is -2.46. The van der Waals surface area contributed by atoms with E-state index in [2.05, 4.69) is 12.2 Å². The summed E-state index contributed by atoms with van der Waals surface area (Å²) in [6.07, 6.45) is 6.23. The highest BCUT2D eigenvalue weighted by atomic mass is 35.5. The van der Waals surface area contributed by atoms with Gasteiger partial charge in [-0.25, -0.2) is 4.39 Å². The van der Waals surface area contributed by atoms with Crippen molar-refractivity contribution in [3.05, 3.63) is 34.6 Å². The largest absolute Gasteiger partial charge is 0.378 e. The monoisotopic (exact) mass is 313 g/mol. The summed E-state index contributed by atoms with van der Waals surface area (Å²) in [6.45, 7) is 3.10. The van der Waals surface area contributed by atoms with Gasteiger partial charge in [-0.3, -0.25) is 0 Å². The predicted octanol–water partition coefficient (Wildman–Crippen LogP) is 4.35. The van der Waals surface area contributed by atoms with Gasteiger partial charge in [0.25, 0.3) is 0 Å². The molecular formula is C17H25ClFNO. The van der Waals surface area contributed by atoms with Crippen LogP contribution in [0, 0.1) is 5.82 Å². The Morgan fingerprint density at radius 1 is 1.43 bits per heavy atom. The number of hydrogen-bond donors (Lipinski definition) is 1. The second-order valence-corrected chi connectivity index (χ2v) is 6.39. The van der Waals surface area contributed by atoms with Crippen LogP contribution in [0.4, 0.5) is 4.39 Å². The first-order valence-corrected chi connectivity index (χ1v) is 8.19. The van der Waals surface area contributed by atoms with E-state index < -0.39 is 0 Å². The summed E-state index contributed by atoms with van der Waals surface area (Å²) in [5, 5.41) is 3.81. The molecule has 1 saturated carbocycles. The van der Waals surface area contributed by atoms with Gasteiger partial charge < -0.3 is 10.1 Å². The molecule has 1 aliphatic carbocycles. The molecule has 118 valence electrons. The molecule has 1 atom stereocenters. The Morgan fingerprint density at radius 3 is 2.76 bits per heavy atom. The van der Waals surface area contributed by atoms with Gasteiger partial charge in [0.1, 0.15) is 5.82 Å². The Labute approximate surface area is 132 Å². The van der Waals surface area contributed by atoms with E-state index >= 15 is 0 Å². The second kappa shape index (κ2) is 7.57. The molecule has 0 radical (unpaired) electrons. The average molecular weight is 314 g/mol. The summed E-state index contributed by atoms with van der Waals surface area (Å²) >= 11 is 6.09. The molecular weight excluding hydrogens is 289 g/mol. The molecule has 0 amide bonds. The van der Waals surface area contributed by atoms with Gasteiger partial charge in [0.15, 0.2) is 0 Å². The summed E-state index contributed by atoms with van der Waals surface area (Å²) in [5.74, 6) is -0.339. The molecule has 0 aliphatic heterocycles. The highest BCUT2D eigenvalue weighted by molar-refractivity contribution is 6.31. The number of benzene rings is 1. The van der Waals surface area contributed by atoms with E-state index in [0.717, 1.165) is 44.2 Å². The van der Waals surface area contributed by atoms with E-state index in [1.165, 1.54) is 12.5 Å². The molecule has 1 aromatic carbocycles. The standard InChI is InChI=1S/C17H25ClFNO/c1-3-10-20-14(12-17(21-2)8-5-9-17)11-13-6-4-7-15(19)16(13)18/h4,6-7,14,20H,3,5,8-12H2,1-2H3. The Balaban J connectivity index is 2.06. The van der Waals surface area contributed by atoms with Crippen molar-refractivity contribution < 1.29 is 9.13 Å². The molecule has 4 heteroatoms. The Kier molecular flexibility index (Phi) is 6.03. The zero-order valence-corrected chi connectivity index (χ0v) is 13.7. The lowest BCUT2D eigenvalue weighted by Gasteiger charge is -2.43. The fourth-order valence-corrected chi connectivity index (χ4v) is 3.25. The molecule has 1 aromatic rings. The van der Waals surface area contributed by atoms with Crippen molar-refractivity contribution in [1.29, 1.82) is 0 Å². The van der Waals surface area contributed by atoms with Crippen LogP contribution < -0.4 is 5.32 Å². The maximum atomic E-state index is 13.6. The normalized spacial score (nSPS) is 18.3. The third-order valence-electron chi connectivity index (χ3n) is 4.50. The minimum atomic E-state index is -0.339. The molecule has 0 aromatic heterocycles. The Bertz CT molecular complexity index is 457. The van der Waals surface area contributed by atoms with Crippen LogP contribution in [0.2, 0.25) is 5.02 Å². The van der Waals surface area contributed by atoms with Crippen molar-refractivity contribution in [1.82, 2.24) is 5.32 Å². The van der Waals surface area contributed by atoms with Crippen LogP contribution in [0.3, 0.4) is 0 Å². The van der Waals surface area contributed by atoms with Crippen LogP contribution in [0.25, 0.3) is 0 Å². The quantitative estimate of drug-likeness (QED) is 0.770. The Hall–Kier alpha value is -0.640. The number of hydrogen-bond acceptors (Lipinski definition) is 2. The fraction of sp³-hybridized carbons (Fsp3) is 0.647. The molecule has 1 unspecified atom stereocenters. The summed E-state index contributed by atoms with van der Waals surface area (Å²) in [5.41, 5.74) is 0.876. The van der Waals surface area contributed by atoms with Crippen molar-refractivity contribution in [2.75, 3.05) is 13.7 Å². The first-order valence-electron chi connectivity index (χ1n) is 7.81. The van der Waals surface area contributed by atoms with E-state index in [0.29, 0.717) is 0 Å². The maximum Gasteiger partial charge on any atom is 0.142 e. The molecule has 2 rings (SSSR count). The van der Waals surface area contributed by atoms with E-state index in [9.17, 15) is 4.39 Å². The van der Waals surface area contributed by atoms with Crippen molar-refractivity contribution in [3.8, 4) is 0 Å². The van der Waals surface area contributed by atoms with Gasteiger partial charge in [0.2, 0.25) is 0 Å². The van der Waals surface area contributed by atoms with Gasteiger partial charge in [0, 0.05) is 13.2 Å². The van der Waals surface area contributed by atoms with E-state index in [-0.39, 0.29) is 22.5 Å². The SMILES string of the molecule is CCCNC(Cc1cccc(F)c1Cl)CC1(OC)CCC1. The maximum absolute atomic E-state index is 13.6. The number of rotatable bonds is 8. The third-order valence-corrected chi connectivity index (χ3v) is 4.92. The molecule has 2 nitrogen and oxygen atoms in total. The minimum absolute atomic E-state index is 0.00517. The topological polar surface area (TPSA) is 21.3 Å². The minimum Gasteiger partial charge on any atom is -0.378 e. The summed E-state index contributed by atoms with van der Waals surface area (Å²) in [4.78, 5) is 0. The van der Waals surface area contributed by atoms with Gasteiger partial charge >= 0.3 is 0 Å². The van der Waals surface area contributed by atoms with Crippen molar-refractivity contribution in [2.24, 2.45) is 0 Å². The van der Waals surface area contributed by atoms with E-state index in [1.54, 1.807) is 13.2 Å². The number of halogens is 2. The van der Waals surface area contributed by atoms with Crippen LogP contribution in [-0.4, -0.2) is 25.3 Å². The highest BCUT2D eigenvalue weighted by Crippen LogP contribution is 2.39. The molecule has 21 heavy (non-hydrogen) atoms. The number of methoxy groups -OCH3 is 1. The van der Waals surface area contributed by atoms with Crippen LogP contribution in [-0.2, 0) is 11.2 Å². The molecule has 0 spiro atoms. The molecule has 0 bridgehead atoms. The summed E-state index contributed by atoms with van der Waals surface area (Å²) < 4.78 is 19.3. The van der Waals surface area contributed by atoms with Crippen LogP contribution in [0.5, 0.6) is 0 Å². The second-order valence-electron chi connectivity index (χ2n) is 6.01. The lowest BCUT2D eigenvalue weighted by atomic mass is 9.75. The zero-order chi connectivity index (χ0) is 15.3. The van der Waals surface area contributed by atoms with Crippen molar-refractivity contribution in [3.63, 3.8) is 0 Å². The number of nitrogens with one attached hydrogen (secondary N) is 1. The molecule has 0 saturated heterocycles. The highest BCUT2D eigenvalue weighted by Gasteiger charge is 2.39. The average Bonchev–Trinajstić information content (AvgIpc) is 2.44. The van der Waals surface area contributed by atoms with Crippen LogP contribution in [0.1, 0.15) is 44.6 Å². The smallest absolute Gasteiger partial charge is 0.142 e. The van der Waals surface area contributed by atoms with Gasteiger partial charge in [-0.05, 0) is 56.7 Å². The van der Waals surface area contributed by atoms with Crippen molar-refractivity contribution >= 4 is 11.6 Å². The third kappa shape index (κ3) is 4.18. The number of ether oxygens (including phenoxy) is 1. The zero-order valence-electron chi connectivity index (χ0n) is 12.9. The molecule has 1 aliphatic rings. The van der Waals surface area contributed by atoms with Crippen molar-refractivity contribution in [2.45, 2.75) is 57.1 Å². The first-order chi connectivity index (χ1) is 10.1. The van der Waals surface area contributed by atoms with Gasteiger partial charge in [-0.1, -0.05) is 30.7 Å². The molecule has 1 N–H and O–H groups in total. The van der Waals surface area contributed by atoms with Crippen LogP contribution in [0.15, 0.2) is 18.2 Å². The van der Waals surface area contributed by atoms with E-state index in [1.807, 2.05) is 6.07 Å². The Morgan fingerprint density at radius 2 is 2.19 bits per heavy atom. The molecule has 1 fully saturated rings. The fourth-order valence-electron chi connectivity index (χ4n) is 3.05. The van der Waals surface area contributed by atoms with Gasteiger partial charge in [-0.2, -0.15) is 0 Å². The van der Waals surface area contributed by atoms with Gasteiger partial charge in [0.05, 0.1) is 10.6 Å². The lowest BCUT2D eigenvalue weighted by molar-refractivity contribution is -0.0834. The first kappa shape index (κ1) is 16.7. The predicted molar refractivity (Wildman–Crippen MR) is 85.4 cm³/mol. The van der Waals surface area contributed by atoms with Gasteiger partial charge in [-0.15, -0.1) is 0 Å². The van der Waals surface area contributed by atoms with Crippen LogP contribution >= 0.6 is 11.6 Å².